The maximum absolute atomic E-state index is 5.76. The Morgan fingerprint density at radius 2 is 2.38 bits per heavy atom. The first-order chi connectivity index (χ1) is 6.33. The molecule has 1 atom stereocenters. The molecule has 1 unspecified atom stereocenters. The summed E-state index contributed by atoms with van der Waals surface area (Å²) in [5.41, 5.74) is 1.65. The Hall–Kier alpha value is -1.16. The fraction of sp³-hybridized carbons (Fsp3) is 0.375. The molecule has 0 aliphatic heterocycles. The molecule has 5 heteroatoms. The molecule has 0 radical (unpaired) electrons. The summed E-state index contributed by atoms with van der Waals surface area (Å²) in [6.07, 6.45) is 3.31. The fourth-order valence-electron chi connectivity index (χ4n) is 1.25. The van der Waals surface area contributed by atoms with Crippen molar-refractivity contribution in [1.82, 2.24) is 20.2 Å². The number of rotatable bonds is 2. The van der Waals surface area contributed by atoms with Gasteiger partial charge in [0.25, 0.3) is 0 Å². The van der Waals surface area contributed by atoms with Crippen LogP contribution in [-0.2, 0) is 0 Å². The fourth-order valence-corrected chi connectivity index (χ4v) is 1.40. The van der Waals surface area contributed by atoms with E-state index in [-0.39, 0.29) is 5.92 Å². The zero-order valence-corrected chi connectivity index (χ0v) is 7.91. The predicted octanol–water partition coefficient (Wildman–Crippen LogP) is 1.70. The van der Waals surface area contributed by atoms with Crippen LogP contribution < -0.4 is 0 Å². The van der Waals surface area contributed by atoms with E-state index in [4.69, 9.17) is 11.6 Å². The van der Waals surface area contributed by atoms with Crippen molar-refractivity contribution < 1.29 is 0 Å². The van der Waals surface area contributed by atoms with E-state index in [0.717, 1.165) is 11.1 Å². The first kappa shape index (κ1) is 8.44. The smallest absolute Gasteiger partial charge is 0.184 e. The monoisotopic (exact) mass is 196 g/mol. The van der Waals surface area contributed by atoms with E-state index in [1.165, 1.54) is 6.33 Å². The van der Waals surface area contributed by atoms with E-state index in [0.29, 0.717) is 11.5 Å². The minimum Gasteiger partial charge on any atom is -0.283 e. The lowest BCUT2D eigenvalue weighted by Gasteiger charge is -2.05. The van der Waals surface area contributed by atoms with Crippen LogP contribution in [0.1, 0.15) is 18.5 Å². The summed E-state index contributed by atoms with van der Waals surface area (Å²) in [5.74, 6) is 0.780. The lowest BCUT2D eigenvalue weighted by Crippen LogP contribution is -1.99. The minimum atomic E-state index is 0.227. The van der Waals surface area contributed by atoms with Crippen LogP contribution in [0.2, 0.25) is 0 Å². The molecule has 0 aliphatic carbocycles. The van der Waals surface area contributed by atoms with Gasteiger partial charge in [-0.05, 0) is 0 Å². The number of nitrogens with one attached hydrogen (secondary N) is 1. The molecule has 2 heterocycles. The molecule has 2 rings (SSSR count). The van der Waals surface area contributed by atoms with E-state index < -0.39 is 0 Å². The number of alkyl halides is 1. The number of nitrogens with zero attached hydrogens (tertiary/aromatic N) is 3. The first-order valence-electron chi connectivity index (χ1n) is 4.03. The molecule has 68 valence electrons. The van der Waals surface area contributed by atoms with Gasteiger partial charge in [0.1, 0.15) is 6.33 Å². The third-order valence-electron chi connectivity index (χ3n) is 1.97. The van der Waals surface area contributed by atoms with Gasteiger partial charge in [0, 0.05) is 18.0 Å². The number of aromatic amines is 1. The summed E-state index contributed by atoms with van der Waals surface area (Å²) < 4.78 is 0. The Morgan fingerprint density at radius 1 is 1.54 bits per heavy atom. The summed E-state index contributed by atoms with van der Waals surface area (Å²) in [4.78, 5) is 8.22. The van der Waals surface area contributed by atoms with Gasteiger partial charge < -0.3 is 0 Å². The average molecular weight is 197 g/mol. The van der Waals surface area contributed by atoms with Crippen LogP contribution in [0.4, 0.5) is 0 Å². The van der Waals surface area contributed by atoms with Crippen molar-refractivity contribution in [3.8, 4) is 0 Å². The summed E-state index contributed by atoms with van der Waals surface area (Å²) in [6.45, 7) is 2.03. The second kappa shape index (κ2) is 3.30. The Morgan fingerprint density at radius 3 is 3.15 bits per heavy atom. The SMILES string of the molecule is CC(CCl)c1ncnc2n[nH]cc12. The van der Waals surface area contributed by atoms with Crippen LogP contribution in [0.15, 0.2) is 12.5 Å². The van der Waals surface area contributed by atoms with Crippen LogP contribution in [0.3, 0.4) is 0 Å². The van der Waals surface area contributed by atoms with Gasteiger partial charge >= 0.3 is 0 Å². The number of hydrogen-bond acceptors (Lipinski definition) is 3. The molecule has 4 nitrogen and oxygen atoms in total. The van der Waals surface area contributed by atoms with Gasteiger partial charge in [0.2, 0.25) is 0 Å². The topological polar surface area (TPSA) is 54.5 Å². The minimum absolute atomic E-state index is 0.227. The summed E-state index contributed by atoms with van der Waals surface area (Å²) >= 11 is 5.76. The van der Waals surface area contributed by atoms with Crippen molar-refractivity contribution in [2.24, 2.45) is 0 Å². The molecular weight excluding hydrogens is 188 g/mol. The van der Waals surface area contributed by atoms with Crippen LogP contribution in [-0.4, -0.2) is 26.0 Å². The number of hydrogen-bond donors (Lipinski definition) is 1. The number of halogens is 1. The molecule has 0 fully saturated rings. The van der Waals surface area contributed by atoms with Gasteiger partial charge in [-0.2, -0.15) is 5.10 Å². The number of fused-ring (bicyclic) bond motifs is 1. The van der Waals surface area contributed by atoms with E-state index >= 15 is 0 Å². The highest BCUT2D eigenvalue weighted by atomic mass is 35.5. The van der Waals surface area contributed by atoms with Crippen molar-refractivity contribution in [3.63, 3.8) is 0 Å². The molecule has 0 amide bonds. The number of H-pyrrole nitrogens is 1. The van der Waals surface area contributed by atoms with Crippen molar-refractivity contribution >= 4 is 22.6 Å². The maximum Gasteiger partial charge on any atom is 0.184 e. The number of aromatic nitrogens is 4. The molecule has 0 aromatic carbocycles. The Kier molecular flexibility index (Phi) is 2.14. The normalized spacial score (nSPS) is 13.4. The predicted molar refractivity (Wildman–Crippen MR) is 50.8 cm³/mol. The summed E-state index contributed by atoms with van der Waals surface area (Å²) in [5, 5.41) is 7.69. The average Bonchev–Trinajstić information content (AvgIpc) is 2.63. The van der Waals surface area contributed by atoms with Gasteiger partial charge in [0.05, 0.1) is 11.1 Å². The van der Waals surface area contributed by atoms with E-state index in [1.807, 2.05) is 6.92 Å². The maximum atomic E-state index is 5.76. The van der Waals surface area contributed by atoms with Crippen molar-refractivity contribution in [2.75, 3.05) is 5.88 Å². The highest BCUT2D eigenvalue weighted by molar-refractivity contribution is 6.18. The summed E-state index contributed by atoms with van der Waals surface area (Å²) in [7, 11) is 0. The molecule has 0 saturated heterocycles. The van der Waals surface area contributed by atoms with Crippen LogP contribution in [0.5, 0.6) is 0 Å². The molecule has 0 aliphatic rings. The van der Waals surface area contributed by atoms with E-state index in [2.05, 4.69) is 20.2 Å². The zero-order valence-electron chi connectivity index (χ0n) is 7.16. The van der Waals surface area contributed by atoms with Crippen LogP contribution in [0.25, 0.3) is 11.0 Å². The quantitative estimate of drug-likeness (QED) is 0.744. The lowest BCUT2D eigenvalue weighted by atomic mass is 10.1. The molecular formula is C8H9ClN4. The third kappa shape index (κ3) is 1.37. The highest BCUT2D eigenvalue weighted by Crippen LogP contribution is 2.20. The highest BCUT2D eigenvalue weighted by Gasteiger charge is 2.11. The molecule has 0 spiro atoms. The molecule has 2 aromatic heterocycles. The van der Waals surface area contributed by atoms with Crippen molar-refractivity contribution in [2.45, 2.75) is 12.8 Å². The zero-order chi connectivity index (χ0) is 9.26. The molecule has 2 aromatic rings. The molecule has 0 bridgehead atoms. The van der Waals surface area contributed by atoms with Crippen molar-refractivity contribution in [3.05, 3.63) is 18.2 Å². The lowest BCUT2D eigenvalue weighted by molar-refractivity contribution is 0.836. The van der Waals surface area contributed by atoms with Gasteiger partial charge in [-0.25, -0.2) is 9.97 Å². The van der Waals surface area contributed by atoms with E-state index in [9.17, 15) is 0 Å². The second-order valence-electron chi connectivity index (χ2n) is 2.94. The Balaban J connectivity index is 2.60. The van der Waals surface area contributed by atoms with Crippen molar-refractivity contribution in [1.29, 1.82) is 0 Å². The van der Waals surface area contributed by atoms with Crippen LogP contribution >= 0.6 is 11.6 Å². The Labute approximate surface area is 80.3 Å². The standard InChI is InChI=1S/C8H9ClN4/c1-5(2-9)7-6-3-12-13-8(6)11-4-10-7/h3-5H,2H2,1H3,(H,10,11,12,13). The summed E-state index contributed by atoms with van der Waals surface area (Å²) in [6, 6.07) is 0. The third-order valence-corrected chi connectivity index (χ3v) is 2.43. The molecule has 1 N–H and O–H groups in total. The van der Waals surface area contributed by atoms with Gasteiger partial charge in [-0.3, -0.25) is 5.10 Å². The van der Waals surface area contributed by atoms with Gasteiger partial charge in [-0.15, -0.1) is 11.6 Å². The van der Waals surface area contributed by atoms with Crippen LogP contribution in [0, 0.1) is 0 Å². The molecule has 0 saturated carbocycles. The largest absolute Gasteiger partial charge is 0.283 e. The van der Waals surface area contributed by atoms with Gasteiger partial charge in [0.15, 0.2) is 5.65 Å². The van der Waals surface area contributed by atoms with Gasteiger partial charge in [-0.1, -0.05) is 6.92 Å². The first-order valence-corrected chi connectivity index (χ1v) is 4.56. The molecule has 13 heavy (non-hydrogen) atoms. The second-order valence-corrected chi connectivity index (χ2v) is 3.25. The van der Waals surface area contributed by atoms with E-state index in [1.54, 1.807) is 6.20 Å². The Bertz CT molecular complexity index is 411.